The molecule has 0 saturated heterocycles. The van der Waals surface area contributed by atoms with Gasteiger partial charge in [-0.3, -0.25) is 29.2 Å². The number of nitrogens with zero attached hydrogens (tertiary/aromatic N) is 2. The lowest BCUT2D eigenvalue weighted by Gasteiger charge is -2.33. The lowest BCUT2D eigenvalue weighted by Crippen LogP contribution is -2.43. The molecule has 6 aromatic carbocycles. The summed E-state index contributed by atoms with van der Waals surface area (Å²) in [6.07, 6.45) is 2.15. The highest BCUT2D eigenvalue weighted by Gasteiger charge is 2.35. The molecule has 3 atom stereocenters. The number of rotatable bonds is 16. The molecular weight excluding hydrogens is 985 g/mol. The van der Waals surface area contributed by atoms with Crippen LogP contribution in [0.5, 0.6) is 17.2 Å². The molecule has 0 aliphatic carbocycles. The minimum absolute atomic E-state index is 0.0267. The third-order valence-electron chi connectivity index (χ3n) is 11.9. The molecule has 0 saturated carbocycles. The van der Waals surface area contributed by atoms with Gasteiger partial charge in [0.15, 0.2) is 0 Å². The zero-order chi connectivity index (χ0) is 51.7. The maximum Gasteiger partial charge on any atom is 0.307 e. The Labute approximate surface area is 438 Å². The van der Waals surface area contributed by atoms with Crippen molar-refractivity contribution in [3.05, 3.63) is 162 Å². The number of hydroxylamine groups is 1. The Kier molecular flexibility index (Phi) is 19.7. The van der Waals surface area contributed by atoms with E-state index in [1.54, 1.807) is 78.8 Å². The summed E-state index contributed by atoms with van der Waals surface area (Å²) in [7, 11) is 4.90. The number of anilines is 3. The predicted molar refractivity (Wildman–Crippen MR) is 287 cm³/mol. The van der Waals surface area contributed by atoms with Crippen LogP contribution in [0.15, 0.2) is 160 Å². The first-order valence-electron chi connectivity index (χ1n) is 23.7. The molecule has 73 heavy (non-hydrogen) atoms. The van der Waals surface area contributed by atoms with Gasteiger partial charge in [0.25, 0.3) is 0 Å². The van der Waals surface area contributed by atoms with Crippen molar-refractivity contribution in [3.63, 3.8) is 0 Å². The van der Waals surface area contributed by atoms with E-state index >= 15 is 0 Å². The molecule has 380 valence electrons. The van der Waals surface area contributed by atoms with E-state index in [0.29, 0.717) is 26.0 Å². The van der Waals surface area contributed by atoms with Gasteiger partial charge in [0.2, 0.25) is 23.6 Å². The molecule has 14 nitrogen and oxygen atoms in total. The fraction of sp³-hybridized carbons (Fsp3) is 0.268. The first-order valence-corrected chi connectivity index (χ1v) is 26.3. The van der Waals surface area contributed by atoms with Crippen LogP contribution in [0.1, 0.15) is 36.5 Å². The van der Waals surface area contributed by atoms with Gasteiger partial charge in [-0.2, -0.15) is 0 Å². The van der Waals surface area contributed by atoms with Gasteiger partial charge in [-0.05, 0) is 116 Å². The molecule has 0 fully saturated rings. The summed E-state index contributed by atoms with van der Waals surface area (Å²) in [4.78, 5) is 67.9. The maximum absolute atomic E-state index is 13.1. The lowest BCUT2D eigenvalue weighted by atomic mass is 10.1. The normalized spacial score (nSPS) is 16.4. The standard InChI is InChI=1S/C21H23NO4S.C19H20N2O4S.C16H15NO2S/c1-3-26-20(23)12-13-22-17-6-4-5-7-18(17)27-19(21(22)24)14-15-8-10-16(25-2)11-9-15;1-25-14-8-6-13(7-9-14)12-17-19(23)21(11-10-18(22)20-24)15-4-2-3-5-16(15)26-17;1-19-12-8-6-11(7-9-12)10-15-16(18)17-13-4-2-3-5-14(13)20-15/h4-11,19H,3,12-14H2,1-2H3;2-9,17,24H,10-12H2,1H3,(H,20,22);2-9,15H,10H2,1H3,(H,17,18). The van der Waals surface area contributed by atoms with Gasteiger partial charge in [-0.15, -0.1) is 35.3 Å². The first-order chi connectivity index (χ1) is 35.5. The number of carbonyl (C=O) groups excluding carboxylic acids is 5. The number of methoxy groups -OCH3 is 3. The molecule has 9 rings (SSSR count). The van der Waals surface area contributed by atoms with E-state index in [0.717, 1.165) is 72.1 Å². The Morgan fingerprint density at radius 3 is 1.38 bits per heavy atom. The first kappa shape index (κ1) is 53.9. The average molecular weight is 1040 g/mol. The third kappa shape index (κ3) is 14.6. The Balaban J connectivity index is 0.000000162. The van der Waals surface area contributed by atoms with Crippen molar-refractivity contribution in [2.75, 3.05) is 56.1 Å². The van der Waals surface area contributed by atoms with Crippen molar-refractivity contribution >= 4 is 81.9 Å². The van der Waals surface area contributed by atoms with Crippen molar-refractivity contribution in [3.8, 4) is 17.2 Å². The Bertz CT molecular complexity index is 2830. The van der Waals surface area contributed by atoms with Gasteiger partial charge in [-0.1, -0.05) is 72.8 Å². The molecule has 4 amide bonds. The number of esters is 1. The Hall–Kier alpha value is -6.92. The number of fused-ring (bicyclic) bond motifs is 3. The van der Waals surface area contributed by atoms with Gasteiger partial charge in [0.05, 0.1) is 67.2 Å². The topological polar surface area (TPSA) is 173 Å². The smallest absolute Gasteiger partial charge is 0.307 e. The van der Waals surface area contributed by atoms with Gasteiger partial charge in [0.1, 0.15) is 17.2 Å². The molecule has 17 heteroatoms. The second-order valence-electron chi connectivity index (χ2n) is 16.7. The Morgan fingerprint density at radius 2 is 0.945 bits per heavy atom. The molecule has 3 heterocycles. The quantitative estimate of drug-likeness (QED) is 0.0476. The number of amides is 4. The summed E-state index contributed by atoms with van der Waals surface area (Å²) in [5, 5.41) is 11.1. The van der Waals surface area contributed by atoms with Gasteiger partial charge in [-0.25, -0.2) is 5.48 Å². The molecule has 0 spiro atoms. The summed E-state index contributed by atoms with van der Waals surface area (Å²) >= 11 is 4.75. The summed E-state index contributed by atoms with van der Waals surface area (Å²) < 4.78 is 20.5. The molecule has 6 aromatic rings. The molecule has 3 aliphatic heterocycles. The lowest BCUT2D eigenvalue weighted by molar-refractivity contribution is -0.143. The molecular formula is C56H58N4O10S3. The van der Waals surface area contributed by atoms with Crippen LogP contribution in [0.25, 0.3) is 0 Å². The van der Waals surface area contributed by atoms with Crippen LogP contribution in [0, 0.1) is 0 Å². The second kappa shape index (κ2) is 26.7. The van der Waals surface area contributed by atoms with E-state index in [2.05, 4.69) is 5.32 Å². The van der Waals surface area contributed by atoms with E-state index in [1.165, 1.54) is 0 Å². The maximum atomic E-state index is 13.1. The zero-order valence-corrected chi connectivity index (χ0v) is 43.4. The fourth-order valence-corrected chi connectivity index (χ4v) is 11.8. The molecule has 0 aromatic heterocycles. The minimum Gasteiger partial charge on any atom is -0.497 e. The second-order valence-corrected chi connectivity index (χ2v) is 20.5. The summed E-state index contributed by atoms with van der Waals surface area (Å²) in [5.41, 5.74) is 7.45. The zero-order valence-electron chi connectivity index (χ0n) is 41.0. The number of hydrogen-bond acceptors (Lipinski definition) is 13. The van der Waals surface area contributed by atoms with Crippen molar-refractivity contribution in [2.24, 2.45) is 0 Å². The van der Waals surface area contributed by atoms with Crippen molar-refractivity contribution in [1.82, 2.24) is 5.48 Å². The number of para-hydroxylation sites is 3. The number of ether oxygens (including phenoxy) is 4. The van der Waals surface area contributed by atoms with E-state index in [1.807, 2.05) is 146 Å². The number of nitrogens with one attached hydrogen (secondary N) is 2. The average Bonchev–Trinajstić information content (AvgIpc) is 3.42. The van der Waals surface area contributed by atoms with Gasteiger partial charge in [0, 0.05) is 34.2 Å². The van der Waals surface area contributed by atoms with Crippen LogP contribution in [0.4, 0.5) is 17.1 Å². The number of hydrogen-bond donors (Lipinski definition) is 3. The van der Waals surface area contributed by atoms with Crippen LogP contribution >= 0.6 is 35.3 Å². The monoisotopic (exact) mass is 1040 g/mol. The highest BCUT2D eigenvalue weighted by Crippen LogP contribution is 2.42. The molecule has 0 bridgehead atoms. The van der Waals surface area contributed by atoms with Gasteiger partial charge >= 0.3 is 5.97 Å². The Morgan fingerprint density at radius 1 is 0.548 bits per heavy atom. The minimum atomic E-state index is -0.514. The molecule has 3 unspecified atom stereocenters. The summed E-state index contributed by atoms with van der Waals surface area (Å²) in [6.45, 7) is 2.68. The molecule has 3 aliphatic rings. The highest BCUT2D eigenvalue weighted by molar-refractivity contribution is 8.01. The van der Waals surface area contributed by atoms with Crippen LogP contribution in [-0.2, 0) is 48.0 Å². The highest BCUT2D eigenvalue weighted by atomic mass is 32.2. The van der Waals surface area contributed by atoms with Crippen molar-refractivity contribution in [2.45, 2.75) is 69.5 Å². The summed E-state index contributed by atoms with van der Waals surface area (Å²) in [5.74, 6) is 1.67. The molecule has 3 N–H and O–H groups in total. The van der Waals surface area contributed by atoms with Crippen LogP contribution < -0.4 is 34.8 Å². The van der Waals surface area contributed by atoms with Crippen LogP contribution in [-0.4, -0.2) is 91.6 Å². The van der Waals surface area contributed by atoms with E-state index in [-0.39, 0.29) is 58.8 Å². The SMILES string of the molecule is CCOC(=O)CCN1C(=O)C(Cc2ccc(OC)cc2)Sc2ccccc21.COc1ccc(CC2Sc3ccccc3N(CCC(=O)NO)C2=O)cc1.COc1ccc(CC2Sc3ccccc3NC2=O)cc1. The van der Waals surface area contributed by atoms with E-state index < -0.39 is 5.91 Å². The number of thioether (sulfide) groups is 3. The van der Waals surface area contributed by atoms with Crippen LogP contribution in [0.3, 0.4) is 0 Å². The summed E-state index contributed by atoms with van der Waals surface area (Å²) in [6, 6.07) is 46.7. The molecule has 0 radical (unpaired) electrons. The largest absolute Gasteiger partial charge is 0.497 e. The fourth-order valence-electron chi connectivity index (χ4n) is 8.13. The third-order valence-corrected chi connectivity index (χ3v) is 15.7. The van der Waals surface area contributed by atoms with Crippen LogP contribution in [0.2, 0.25) is 0 Å². The van der Waals surface area contributed by atoms with E-state index in [4.69, 9.17) is 24.2 Å². The predicted octanol–water partition coefficient (Wildman–Crippen LogP) is 9.69. The number of benzene rings is 6. The van der Waals surface area contributed by atoms with E-state index in [9.17, 15) is 24.0 Å². The van der Waals surface area contributed by atoms with Crippen molar-refractivity contribution in [1.29, 1.82) is 0 Å². The van der Waals surface area contributed by atoms with Gasteiger partial charge < -0.3 is 34.1 Å². The van der Waals surface area contributed by atoms with Crippen molar-refractivity contribution < 1.29 is 48.1 Å². The number of carbonyl (C=O) groups is 5.